The Bertz CT molecular complexity index is 504. The fourth-order valence-electron chi connectivity index (χ4n) is 2.75. The fourth-order valence-corrected chi connectivity index (χ4v) is 3.36. The molecular weight excluding hydrogens is 322 g/mol. The number of carboxylic acids is 1. The van der Waals surface area contributed by atoms with Crippen LogP contribution in [0.3, 0.4) is 0 Å². The molecule has 1 aromatic rings. The van der Waals surface area contributed by atoms with E-state index in [0.29, 0.717) is 5.56 Å². The maximum Gasteiger partial charge on any atom is 0.323 e. The van der Waals surface area contributed by atoms with Gasteiger partial charge in [-0.2, -0.15) is 0 Å². The Hall–Kier alpha value is -1.36. The summed E-state index contributed by atoms with van der Waals surface area (Å²) in [4.78, 5) is 25.2. The highest BCUT2D eigenvalue weighted by Gasteiger charge is 2.29. The van der Waals surface area contributed by atoms with Gasteiger partial charge in [-0.15, -0.1) is 0 Å². The highest BCUT2D eigenvalue weighted by molar-refractivity contribution is 9.10. The highest BCUT2D eigenvalue weighted by atomic mass is 79.9. The Morgan fingerprint density at radius 1 is 1.30 bits per heavy atom. The molecule has 0 spiro atoms. The molecule has 20 heavy (non-hydrogen) atoms. The molecule has 1 saturated carbocycles. The Morgan fingerprint density at radius 2 is 1.95 bits per heavy atom. The first-order valence-corrected chi connectivity index (χ1v) is 7.56. The lowest BCUT2D eigenvalue weighted by Crippen LogP contribution is -2.42. The minimum absolute atomic E-state index is 0.0536. The Kier molecular flexibility index (Phi) is 4.81. The predicted molar refractivity (Wildman–Crippen MR) is 79.8 cm³/mol. The van der Waals surface area contributed by atoms with Gasteiger partial charge < -0.3 is 10.0 Å². The zero-order chi connectivity index (χ0) is 14.7. The molecule has 1 aliphatic carbocycles. The van der Waals surface area contributed by atoms with Crippen molar-refractivity contribution in [3.05, 3.63) is 33.8 Å². The predicted octanol–water partition coefficient (Wildman–Crippen LogP) is 3.23. The second-order valence-electron chi connectivity index (χ2n) is 5.28. The van der Waals surface area contributed by atoms with Crippen molar-refractivity contribution in [2.45, 2.75) is 38.6 Å². The standard InChI is InChI=1S/C15H18BrNO3/c1-10-6-11(8-12(16)7-10)15(20)17(9-14(18)19)13-4-2-3-5-13/h6-8,13H,2-5,9H2,1H3,(H,18,19). The molecule has 0 aromatic heterocycles. The number of hydrogen-bond donors (Lipinski definition) is 1. The van der Waals surface area contributed by atoms with Gasteiger partial charge in [-0.05, 0) is 43.5 Å². The molecule has 5 heteroatoms. The largest absolute Gasteiger partial charge is 0.480 e. The summed E-state index contributed by atoms with van der Waals surface area (Å²) < 4.78 is 0.836. The first-order valence-electron chi connectivity index (χ1n) is 6.77. The van der Waals surface area contributed by atoms with E-state index in [1.807, 2.05) is 13.0 Å². The molecule has 108 valence electrons. The number of carbonyl (C=O) groups is 2. The van der Waals surface area contributed by atoms with Crippen LogP contribution in [0.1, 0.15) is 41.6 Å². The highest BCUT2D eigenvalue weighted by Crippen LogP contribution is 2.26. The fraction of sp³-hybridized carbons (Fsp3) is 0.467. The zero-order valence-electron chi connectivity index (χ0n) is 11.4. The van der Waals surface area contributed by atoms with Crippen LogP contribution in [0.25, 0.3) is 0 Å². The number of hydrogen-bond acceptors (Lipinski definition) is 2. The van der Waals surface area contributed by atoms with Crippen molar-refractivity contribution in [1.29, 1.82) is 0 Å². The average Bonchev–Trinajstić information content (AvgIpc) is 2.87. The van der Waals surface area contributed by atoms with Gasteiger partial charge in [0.1, 0.15) is 6.54 Å². The van der Waals surface area contributed by atoms with Crippen molar-refractivity contribution in [2.75, 3.05) is 6.54 Å². The molecule has 1 aliphatic rings. The third-order valence-corrected chi connectivity index (χ3v) is 4.08. The number of halogens is 1. The summed E-state index contributed by atoms with van der Waals surface area (Å²) in [6, 6.07) is 5.53. The molecule has 0 unspecified atom stereocenters. The van der Waals surface area contributed by atoms with E-state index in [1.54, 1.807) is 12.1 Å². The Balaban J connectivity index is 2.26. The lowest BCUT2D eigenvalue weighted by Gasteiger charge is -2.27. The number of nitrogens with zero attached hydrogens (tertiary/aromatic N) is 1. The molecule has 0 atom stereocenters. The van der Waals surface area contributed by atoms with Gasteiger partial charge in [0, 0.05) is 16.1 Å². The lowest BCUT2D eigenvalue weighted by molar-refractivity contribution is -0.138. The molecule has 0 heterocycles. The summed E-state index contributed by atoms with van der Waals surface area (Å²) in [5.41, 5.74) is 1.52. The number of carbonyl (C=O) groups excluding carboxylic acids is 1. The van der Waals surface area contributed by atoms with Crippen molar-refractivity contribution in [2.24, 2.45) is 0 Å². The SMILES string of the molecule is Cc1cc(Br)cc(C(=O)N(CC(=O)O)C2CCCC2)c1. The molecule has 1 fully saturated rings. The number of benzene rings is 1. The van der Waals surface area contributed by atoms with E-state index < -0.39 is 5.97 Å². The van der Waals surface area contributed by atoms with Crippen LogP contribution in [0.15, 0.2) is 22.7 Å². The minimum atomic E-state index is -0.961. The van der Waals surface area contributed by atoms with Gasteiger partial charge in [0.2, 0.25) is 0 Å². The molecule has 1 N–H and O–H groups in total. The van der Waals surface area contributed by atoms with Crippen molar-refractivity contribution in [3.8, 4) is 0 Å². The third-order valence-electron chi connectivity index (χ3n) is 3.62. The van der Waals surface area contributed by atoms with Gasteiger partial charge >= 0.3 is 5.97 Å². The smallest absolute Gasteiger partial charge is 0.323 e. The summed E-state index contributed by atoms with van der Waals surface area (Å²) in [6.07, 6.45) is 3.91. The topological polar surface area (TPSA) is 57.6 Å². The molecular formula is C15H18BrNO3. The van der Waals surface area contributed by atoms with Gasteiger partial charge in [0.15, 0.2) is 0 Å². The molecule has 2 rings (SSSR count). The van der Waals surface area contributed by atoms with E-state index >= 15 is 0 Å². The number of aliphatic carboxylic acids is 1. The number of rotatable bonds is 4. The van der Waals surface area contributed by atoms with E-state index in [0.717, 1.165) is 35.7 Å². The molecule has 0 bridgehead atoms. The summed E-state index contributed by atoms with van der Waals surface area (Å²) in [5.74, 6) is -1.15. The zero-order valence-corrected chi connectivity index (χ0v) is 13.0. The quantitative estimate of drug-likeness (QED) is 0.916. The van der Waals surface area contributed by atoms with Crippen LogP contribution in [-0.2, 0) is 4.79 Å². The van der Waals surface area contributed by atoms with E-state index in [-0.39, 0.29) is 18.5 Å². The van der Waals surface area contributed by atoms with E-state index in [2.05, 4.69) is 15.9 Å². The first-order chi connectivity index (χ1) is 9.47. The molecule has 0 radical (unpaired) electrons. The summed E-state index contributed by atoms with van der Waals surface area (Å²) in [6.45, 7) is 1.69. The van der Waals surface area contributed by atoms with Crippen molar-refractivity contribution >= 4 is 27.8 Å². The number of carboxylic acid groups (broad SMARTS) is 1. The monoisotopic (exact) mass is 339 g/mol. The maximum atomic E-state index is 12.6. The number of amides is 1. The van der Waals surface area contributed by atoms with Crippen molar-refractivity contribution < 1.29 is 14.7 Å². The molecule has 0 saturated heterocycles. The third kappa shape index (κ3) is 3.60. The van der Waals surface area contributed by atoms with Gasteiger partial charge in [0.05, 0.1) is 0 Å². The number of aryl methyl sites for hydroxylation is 1. The van der Waals surface area contributed by atoms with E-state index in [4.69, 9.17) is 5.11 Å². The summed E-state index contributed by atoms with van der Waals surface area (Å²) in [5, 5.41) is 9.05. The molecule has 0 aliphatic heterocycles. The van der Waals surface area contributed by atoms with Crippen LogP contribution in [0.4, 0.5) is 0 Å². The second-order valence-corrected chi connectivity index (χ2v) is 6.20. The van der Waals surface area contributed by atoms with Crippen LogP contribution in [0.5, 0.6) is 0 Å². The average molecular weight is 340 g/mol. The van der Waals surface area contributed by atoms with Gasteiger partial charge in [-0.25, -0.2) is 0 Å². The molecule has 1 amide bonds. The second kappa shape index (κ2) is 6.39. The maximum absolute atomic E-state index is 12.6. The van der Waals surface area contributed by atoms with Crippen LogP contribution >= 0.6 is 15.9 Å². The van der Waals surface area contributed by atoms with E-state index in [9.17, 15) is 9.59 Å². The summed E-state index contributed by atoms with van der Waals surface area (Å²) in [7, 11) is 0. The van der Waals surface area contributed by atoms with Crippen molar-refractivity contribution in [1.82, 2.24) is 4.90 Å². The molecule has 1 aromatic carbocycles. The van der Waals surface area contributed by atoms with Crippen LogP contribution < -0.4 is 0 Å². The molecule has 4 nitrogen and oxygen atoms in total. The normalized spacial score (nSPS) is 15.3. The van der Waals surface area contributed by atoms with Crippen LogP contribution in [0.2, 0.25) is 0 Å². The van der Waals surface area contributed by atoms with Crippen LogP contribution in [0, 0.1) is 6.92 Å². The van der Waals surface area contributed by atoms with Crippen LogP contribution in [-0.4, -0.2) is 34.5 Å². The van der Waals surface area contributed by atoms with E-state index in [1.165, 1.54) is 4.90 Å². The summed E-state index contributed by atoms with van der Waals surface area (Å²) >= 11 is 3.38. The van der Waals surface area contributed by atoms with Gasteiger partial charge in [0.25, 0.3) is 5.91 Å². The first kappa shape index (κ1) is 15.0. The van der Waals surface area contributed by atoms with Gasteiger partial charge in [-0.3, -0.25) is 9.59 Å². The van der Waals surface area contributed by atoms with Gasteiger partial charge in [-0.1, -0.05) is 28.8 Å². The Labute approximate surface area is 126 Å². The lowest BCUT2D eigenvalue weighted by atomic mass is 10.1. The van der Waals surface area contributed by atoms with Crippen molar-refractivity contribution in [3.63, 3.8) is 0 Å². The minimum Gasteiger partial charge on any atom is -0.480 e. The Morgan fingerprint density at radius 3 is 2.50 bits per heavy atom.